The molecule has 0 fully saturated rings. The fourth-order valence-electron chi connectivity index (χ4n) is 0.410. The standard InChI is InChI=1S/C7H11O4.8C2H4O/c1-3-10-6(2)11-5-4-7(8)9;8*1-2-3/h4-6H,2-3H2,1H3,(H,8,9);8*1-2H2. The van der Waals surface area contributed by atoms with Crippen LogP contribution in [-0.4, -0.2) is 76.8 Å². The van der Waals surface area contributed by atoms with Crippen LogP contribution in [0.15, 0.2) is 12.3 Å². The van der Waals surface area contributed by atoms with Crippen LogP contribution in [0, 0.1) is 62.3 Å². The van der Waals surface area contributed by atoms with Gasteiger partial charge in [0.1, 0.15) is 0 Å². The lowest BCUT2D eigenvalue weighted by atomic mass is 10.6. The van der Waals surface area contributed by atoms with Gasteiger partial charge in [-0.3, -0.25) is 0 Å². The van der Waals surface area contributed by atoms with E-state index in [0.717, 1.165) is 12.3 Å². The van der Waals surface area contributed by atoms with Crippen LogP contribution in [0.2, 0.25) is 0 Å². The maximum absolute atomic E-state index is 9.91. The first-order chi connectivity index (χ1) is 16.5. The van der Waals surface area contributed by atoms with Crippen LogP contribution in [0.1, 0.15) is 6.92 Å². The van der Waals surface area contributed by atoms with Crippen LogP contribution in [0.5, 0.6) is 0 Å². The number of hydrogen-bond acceptors (Lipinski definition) is 3. The second-order valence-electron chi connectivity index (χ2n) is 3.29. The summed E-state index contributed by atoms with van der Waals surface area (Å²) in [5, 5.41) is 78.7. The van der Waals surface area contributed by atoms with Gasteiger partial charge in [0.25, 0.3) is 0 Å². The molecule has 1 N–H and O–H groups in total. The number of carboxylic acid groups (broad SMARTS) is 1. The van der Waals surface area contributed by atoms with Crippen LogP contribution in [0.4, 0.5) is 0 Å². The quantitative estimate of drug-likeness (QED) is 0.334. The number of carbonyl (C=O) groups is 1. The average molecular weight is 512 g/mol. The molecule has 1 unspecified atom stereocenters. The van der Waals surface area contributed by atoms with Crippen molar-refractivity contribution in [3.8, 4) is 0 Å². The number of carboxylic acids is 1. The van der Waals surface area contributed by atoms with Crippen molar-refractivity contribution in [3.63, 3.8) is 0 Å². The zero-order valence-corrected chi connectivity index (χ0v) is 20.9. The van der Waals surface area contributed by atoms with Crippen LogP contribution < -0.4 is 0 Å². The molecule has 0 aliphatic heterocycles. The highest BCUT2D eigenvalue weighted by molar-refractivity contribution is 5.79. The molecule has 0 aromatic heterocycles. The lowest BCUT2D eigenvalue weighted by Gasteiger charge is -2.09. The lowest BCUT2D eigenvalue weighted by Crippen LogP contribution is -2.09. The van der Waals surface area contributed by atoms with E-state index in [1.807, 2.05) is 0 Å². The highest BCUT2D eigenvalue weighted by Gasteiger charge is 1.96. The van der Waals surface area contributed by atoms with Crippen molar-refractivity contribution < 1.29 is 60.2 Å². The monoisotopic (exact) mass is 511 g/mol. The van der Waals surface area contributed by atoms with Gasteiger partial charge < -0.3 is 14.6 Å². The predicted octanol–water partition coefficient (Wildman–Crippen LogP) is 2.81. The molecule has 207 valence electrons. The third kappa shape index (κ3) is 524. The van der Waals surface area contributed by atoms with E-state index < -0.39 is 12.3 Å². The molecule has 12 nitrogen and oxygen atoms in total. The molecule has 0 rings (SSSR count). The third-order valence-electron chi connectivity index (χ3n) is 0.794. The lowest BCUT2D eigenvalue weighted by molar-refractivity contribution is -0.131. The average Bonchev–Trinajstić information content (AvgIpc) is 2.73. The van der Waals surface area contributed by atoms with Crippen molar-refractivity contribution in [2.24, 2.45) is 0 Å². The SMILES string of the molecule is [CH2]C(OC=CC(=O)O)OCC.[CH2]C[O].[CH2]C[O].[CH2]C[O].[CH2]C[O].[CH2]C[O].[CH2]C[O].[CH2]C[O].[CH2]C[O]. The number of rotatable bonds is 5. The normalized spacial score (nSPS) is 8.29. The van der Waals surface area contributed by atoms with Gasteiger partial charge in [0.05, 0.1) is 65.2 Å². The minimum Gasteiger partial charge on any atom is -0.478 e. The molecule has 0 aliphatic carbocycles. The highest BCUT2D eigenvalue weighted by Crippen LogP contribution is 1.92. The van der Waals surface area contributed by atoms with Crippen molar-refractivity contribution in [1.82, 2.24) is 0 Å². The van der Waals surface area contributed by atoms with Crippen LogP contribution in [-0.2, 0) is 55.1 Å². The molecule has 0 aliphatic rings. The zero-order chi connectivity index (χ0) is 30.3. The first-order valence-corrected chi connectivity index (χ1v) is 9.47. The Labute approximate surface area is 214 Å². The molecule has 0 heterocycles. The van der Waals surface area contributed by atoms with Crippen LogP contribution in [0.3, 0.4) is 0 Å². The first kappa shape index (κ1) is 59.0. The molecule has 0 bridgehead atoms. The highest BCUT2D eigenvalue weighted by atomic mass is 16.7. The van der Waals surface area contributed by atoms with Crippen molar-refractivity contribution in [2.75, 3.05) is 59.5 Å². The Hall–Kier alpha value is -1.35. The molecule has 17 radical (unpaired) electrons. The van der Waals surface area contributed by atoms with Gasteiger partial charge in [0, 0.05) is 13.5 Å². The Kier molecular flexibility index (Phi) is 177. The first-order valence-electron chi connectivity index (χ1n) is 9.47. The zero-order valence-electron chi connectivity index (χ0n) is 20.9. The fraction of sp³-hybridized carbons (Fsp3) is 0.478. The van der Waals surface area contributed by atoms with Crippen molar-refractivity contribution >= 4 is 5.97 Å². The Bertz CT molecular complexity index is 233. The van der Waals surface area contributed by atoms with E-state index in [2.05, 4.69) is 62.3 Å². The van der Waals surface area contributed by atoms with Gasteiger partial charge in [-0.25, -0.2) is 45.6 Å². The van der Waals surface area contributed by atoms with Gasteiger partial charge in [-0.15, -0.1) is 0 Å². The summed E-state index contributed by atoms with van der Waals surface area (Å²) < 4.78 is 9.54. The molecule has 35 heavy (non-hydrogen) atoms. The maximum Gasteiger partial charge on any atom is 0.331 e. The molecule has 0 aromatic rings. The number of aliphatic carboxylic acids is 1. The van der Waals surface area contributed by atoms with Gasteiger partial charge >= 0.3 is 5.97 Å². The summed E-state index contributed by atoms with van der Waals surface area (Å²) in [5.41, 5.74) is 0. The number of hydrogen-bond donors (Lipinski definition) is 1. The second kappa shape index (κ2) is 105. The van der Waals surface area contributed by atoms with Gasteiger partial charge in [-0.1, -0.05) is 0 Å². The van der Waals surface area contributed by atoms with Gasteiger partial charge in [-0.05, 0) is 62.3 Å². The molecule has 12 heteroatoms. The van der Waals surface area contributed by atoms with E-state index in [4.69, 9.17) is 55.4 Å². The van der Waals surface area contributed by atoms with E-state index in [-0.39, 0.29) is 52.9 Å². The minimum atomic E-state index is -1.06. The molecule has 0 spiro atoms. The van der Waals surface area contributed by atoms with Crippen molar-refractivity contribution in [2.45, 2.75) is 13.2 Å². The van der Waals surface area contributed by atoms with Crippen LogP contribution >= 0.6 is 0 Å². The van der Waals surface area contributed by atoms with E-state index in [1.165, 1.54) is 0 Å². The smallest absolute Gasteiger partial charge is 0.331 e. The summed E-state index contributed by atoms with van der Waals surface area (Å²) in [7, 11) is 0. The Morgan fingerprint density at radius 2 is 0.857 bits per heavy atom. The van der Waals surface area contributed by atoms with E-state index in [9.17, 15) is 4.79 Å². The van der Waals surface area contributed by atoms with Gasteiger partial charge in [0.2, 0.25) is 0 Å². The second-order valence-corrected chi connectivity index (χ2v) is 3.29. The maximum atomic E-state index is 9.91. The fourth-order valence-corrected chi connectivity index (χ4v) is 0.410. The largest absolute Gasteiger partial charge is 0.478 e. The van der Waals surface area contributed by atoms with E-state index >= 15 is 0 Å². The van der Waals surface area contributed by atoms with Gasteiger partial charge in [-0.2, -0.15) is 0 Å². The Morgan fingerprint density at radius 1 is 0.657 bits per heavy atom. The number of ether oxygens (including phenoxy) is 2. The van der Waals surface area contributed by atoms with Crippen molar-refractivity contribution in [3.05, 3.63) is 74.7 Å². The molecule has 0 saturated heterocycles. The third-order valence-corrected chi connectivity index (χ3v) is 0.794. The van der Waals surface area contributed by atoms with Crippen LogP contribution in [0.25, 0.3) is 0 Å². The predicted molar refractivity (Wildman–Crippen MR) is 126 cm³/mol. The summed E-state index contributed by atoms with van der Waals surface area (Å²) in [5.74, 6) is -1.06. The summed E-state index contributed by atoms with van der Waals surface area (Å²) >= 11 is 0. The van der Waals surface area contributed by atoms with Gasteiger partial charge in [0.15, 0.2) is 6.29 Å². The Morgan fingerprint density at radius 3 is 1.00 bits per heavy atom. The molecule has 0 aromatic carbocycles. The summed E-state index contributed by atoms with van der Waals surface area (Å²) in [4.78, 5) is 9.91. The summed E-state index contributed by atoms with van der Waals surface area (Å²) in [6.07, 6.45) is 1.27. The molecule has 0 amide bonds. The Balaban J connectivity index is -0.0000000340. The minimum absolute atomic E-state index is 0.250. The topological polar surface area (TPSA) is 215 Å². The molecular weight excluding hydrogens is 468 g/mol. The molecule has 1 atom stereocenters. The summed E-state index contributed by atoms with van der Waals surface area (Å²) in [6, 6.07) is 0. The molecule has 0 saturated carbocycles. The van der Waals surface area contributed by atoms with E-state index in [0.29, 0.717) is 6.61 Å². The van der Waals surface area contributed by atoms with Crippen molar-refractivity contribution in [1.29, 1.82) is 0 Å². The van der Waals surface area contributed by atoms with E-state index in [1.54, 1.807) is 6.92 Å². The molecular formula is C23H43O12. The summed E-state index contributed by atoms with van der Waals surface area (Å²) in [6.45, 7) is 27.2.